The topological polar surface area (TPSA) is 83.0 Å². The van der Waals surface area contributed by atoms with Crippen molar-refractivity contribution in [3.05, 3.63) is 58.7 Å². The van der Waals surface area contributed by atoms with Gasteiger partial charge in [0.1, 0.15) is 5.82 Å². The number of aliphatic hydroxyl groups excluding tert-OH is 1. The Morgan fingerprint density at radius 1 is 1.06 bits per heavy atom. The highest BCUT2D eigenvalue weighted by Gasteiger charge is 2.33. The van der Waals surface area contributed by atoms with E-state index in [0.29, 0.717) is 11.4 Å². The SMILES string of the molecule is CC(C)[C@@H](CO)Nc1nc(Nc2ccc(Br)c(C(F)(F)F)c2)cc(-c2ccccn2)n1. The molecule has 0 saturated carbocycles. The van der Waals surface area contributed by atoms with Gasteiger partial charge in [0.2, 0.25) is 5.95 Å². The maximum Gasteiger partial charge on any atom is 0.417 e. The summed E-state index contributed by atoms with van der Waals surface area (Å²) in [5.74, 6) is 0.616. The normalized spacial score (nSPS) is 12.6. The number of alkyl halides is 3. The lowest BCUT2D eigenvalue weighted by Crippen LogP contribution is -2.30. The average molecular weight is 496 g/mol. The molecule has 1 atom stereocenters. The van der Waals surface area contributed by atoms with Crippen LogP contribution >= 0.6 is 15.9 Å². The van der Waals surface area contributed by atoms with Gasteiger partial charge in [0.05, 0.1) is 29.6 Å². The van der Waals surface area contributed by atoms with E-state index in [1.807, 2.05) is 13.8 Å². The van der Waals surface area contributed by atoms with E-state index in [0.717, 1.165) is 6.07 Å². The molecule has 0 aliphatic carbocycles. The van der Waals surface area contributed by atoms with Gasteiger partial charge in [0.25, 0.3) is 0 Å². The summed E-state index contributed by atoms with van der Waals surface area (Å²) in [5.41, 5.74) is 0.479. The Kier molecular flexibility index (Phi) is 7.11. The number of aliphatic hydroxyl groups is 1. The predicted molar refractivity (Wildman–Crippen MR) is 117 cm³/mol. The van der Waals surface area contributed by atoms with Crippen LogP contribution in [0, 0.1) is 5.92 Å². The molecule has 0 bridgehead atoms. The molecular weight excluding hydrogens is 475 g/mol. The van der Waals surface area contributed by atoms with Gasteiger partial charge in [-0.25, -0.2) is 4.98 Å². The van der Waals surface area contributed by atoms with Crippen LogP contribution in [0.1, 0.15) is 19.4 Å². The second-order valence-electron chi connectivity index (χ2n) is 7.17. The fourth-order valence-electron chi connectivity index (χ4n) is 2.78. The number of hydrogen-bond acceptors (Lipinski definition) is 6. The van der Waals surface area contributed by atoms with Crippen molar-refractivity contribution in [1.29, 1.82) is 0 Å². The maximum absolute atomic E-state index is 13.2. The molecule has 10 heteroatoms. The van der Waals surface area contributed by atoms with Gasteiger partial charge >= 0.3 is 6.18 Å². The Bertz CT molecular complexity index is 1030. The summed E-state index contributed by atoms with van der Waals surface area (Å²) in [6.45, 7) is 3.76. The van der Waals surface area contributed by atoms with E-state index in [2.05, 4.69) is 41.5 Å². The number of hydrogen-bond donors (Lipinski definition) is 3. The van der Waals surface area contributed by atoms with E-state index in [1.54, 1.807) is 30.5 Å². The van der Waals surface area contributed by atoms with E-state index in [-0.39, 0.29) is 40.5 Å². The highest BCUT2D eigenvalue weighted by molar-refractivity contribution is 9.10. The van der Waals surface area contributed by atoms with Gasteiger partial charge in [-0.05, 0) is 36.2 Å². The number of aromatic nitrogens is 3. The van der Waals surface area contributed by atoms with Gasteiger partial charge in [-0.3, -0.25) is 4.98 Å². The first kappa shape index (κ1) is 23.0. The highest BCUT2D eigenvalue weighted by Crippen LogP contribution is 2.37. The zero-order valence-corrected chi connectivity index (χ0v) is 18.4. The van der Waals surface area contributed by atoms with Gasteiger partial charge in [0.15, 0.2) is 0 Å². The first-order valence-corrected chi connectivity index (χ1v) is 10.3. The van der Waals surface area contributed by atoms with Gasteiger partial charge in [-0.15, -0.1) is 0 Å². The van der Waals surface area contributed by atoms with Crippen molar-refractivity contribution >= 4 is 33.4 Å². The number of anilines is 3. The molecule has 3 aromatic rings. The van der Waals surface area contributed by atoms with Crippen LogP contribution in [-0.2, 0) is 6.18 Å². The first-order valence-electron chi connectivity index (χ1n) is 9.49. The van der Waals surface area contributed by atoms with Gasteiger partial charge in [0, 0.05) is 22.4 Å². The summed E-state index contributed by atoms with van der Waals surface area (Å²) in [4.78, 5) is 13.1. The number of benzene rings is 1. The minimum atomic E-state index is -4.50. The smallest absolute Gasteiger partial charge is 0.394 e. The number of halogens is 4. The number of rotatable bonds is 7. The molecule has 0 spiro atoms. The minimum absolute atomic E-state index is 0.0486. The number of nitrogens with zero attached hydrogens (tertiary/aromatic N) is 3. The molecule has 0 aliphatic rings. The van der Waals surface area contributed by atoms with Crippen LogP contribution in [0.2, 0.25) is 0 Å². The second-order valence-corrected chi connectivity index (χ2v) is 8.03. The summed E-state index contributed by atoms with van der Waals surface area (Å²) < 4.78 is 39.7. The van der Waals surface area contributed by atoms with Crippen molar-refractivity contribution in [2.75, 3.05) is 17.2 Å². The Morgan fingerprint density at radius 3 is 2.45 bits per heavy atom. The lowest BCUT2D eigenvalue weighted by molar-refractivity contribution is -0.138. The molecule has 1 aromatic carbocycles. The van der Waals surface area contributed by atoms with E-state index in [9.17, 15) is 18.3 Å². The Morgan fingerprint density at radius 2 is 1.84 bits per heavy atom. The maximum atomic E-state index is 13.2. The predicted octanol–water partition coefficient (Wildman–Crippen LogP) is 5.49. The third kappa shape index (κ3) is 5.92. The lowest BCUT2D eigenvalue weighted by Gasteiger charge is -2.20. The molecule has 0 amide bonds. The van der Waals surface area contributed by atoms with Crippen LogP contribution in [0.25, 0.3) is 11.4 Å². The monoisotopic (exact) mass is 495 g/mol. The summed E-state index contributed by atoms with van der Waals surface area (Å²) in [5, 5.41) is 15.6. The summed E-state index contributed by atoms with van der Waals surface area (Å²) in [6, 6.07) is 10.5. The molecule has 3 N–H and O–H groups in total. The highest BCUT2D eigenvalue weighted by atomic mass is 79.9. The zero-order valence-electron chi connectivity index (χ0n) is 16.8. The lowest BCUT2D eigenvalue weighted by atomic mass is 10.1. The van der Waals surface area contributed by atoms with Gasteiger partial charge in [-0.2, -0.15) is 18.2 Å². The molecule has 2 heterocycles. The molecule has 0 aliphatic heterocycles. The van der Waals surface area contributed by atoms with Crippen LogP contribution in [0.15, 0.2) is 53.1 Å². The Hall–Kier alpha value is -2.72. The minimum Gasteiger partial charge on any atom is -0.394 e. The number of pyridine rings is 1. The number of nitrogens with one attached hydrogen (secondary N) is 2. The van der Waals surface area contributed by atoms with Crippen molar-refractivity contribution in [2.45, 2.75) is 26.1 Å². The quantitative estimate of drug-likeness (QED) is 0.401. The molecule has 164 valence electrons. The summed E-state index contributed by atoms with van der Waals surface area (Å²) in [7, 11) is 0. The van der Waals surface area contributed by atoms with E-state index in [4.69, 9.17) is 0 Å². The molecule has 6 nitrogen and oxygen atoms in total. The van der Waals surface area contributed by atoms with E-state index >= 15 is 0 Å². The Balaban J connectivity index is 2.00. The van der Waals surface area contributed by atoms with Crippen LogP contribution < -0.4 is 10.6 Å². The van der Waals surface area contributed by atoms with Gasteiger partial charge in [-0.1, -0.05) is 35.8 Å². The molecule has 3 rings (SSSR count). The third-order valence-electron chi connectivity index (χ3n) is 4.51. The molecule has 0 fully saturated rings. The van der Waals surface area contributed by atoms with Crippen molar-refractivity contribution in [1.82, 2.24) is 15.0 Å². The fourth-order valence-corrected chi connectivity index (χ4v) is 3.25. The average Bonchev–Trinajstić information content (AvgIpc) is 2.73. The largest absolute Gasteiger partial charge is 0.417 e. The fraction of sp³-hybridized carbons (Fsp3) is 0.286. The van der Waals surface area contributed by atoms with Crippen LogP contribution in [0.4, 0.5) is 30.6 Å². The van der Waals surface area contributed by atoms with Gasteiger partial charge < -0.3 is 15.7 Å². The first-order chi connectivity index (χ1) is 14.7. The molecule has 31 heavy (non-hydrogen) atoms. The molecule has 0 unspecified atom stereocenters. The van der Waals surface area contributed by atoms with Crippen molar-refractivity contribution in [2.24, 2.45) is 5.92 Å². The Labute approximate surface area is 186 Å². The molecule has 0 radical (unpaired) electrons. The molecule has 2 aromatic heterocycles. The summed E-state index contributed by atoms with van der Waals surface area (Å²) in [6.07, 6.45) is -2.88. The molecular formula is C21H21BrF3N5O. The standard InChI is InChI=1S/C21H21BrF3N5O/c1-12(2)18(11-31)29-20-28-17(16-5-3-4-8-26-16)10-19(30-20)27-13-6-7-15(22)14(9-13)21(23,24)25/h3-10,12,18,31H,11H2,1-2H3,(H2,27,28,29,30)/t18-/m1/s1. The van der Waals surface area contributed by atoms with Crippen molar-refractivity contribution < 1.29 is 18.3 Å². The zero-order chi connectivity index (χ0) is 22.6. The summed E-state index contributed by atoms with van der Waals surface area (Å²) >= 11 is 2.94. The third-order valence-corrected chi connectivity index (χ3v) is 5.21. The van der Waals surface area contributed by atoms with Crippen molar-refractivity contribution in [3.8, 4) is 11.4 Å². The second kappa shape index (κ2) is 9.61. The van der Waals surface area contributed by atoms with Crippen LogP contribution in [0.3, 0.4) is 0 Å². The molecule has 0 saturated heterocycles. The van der Waals surface area contributed by atoms with Crippen molar-refractivity contribution in [3.63, 3.8) is 0 Å². The van der Waals surface area contributed by atoms with Crippen LogP contribution in [-0.4, -0.2) is 32.7 Å². The van der Waals surface area contributed by atoms with E-state index < -0.39 is 11.7 Å². The van der Waals surface area contributed by atoms with E-state index in [1.165, 1.54) is 12.1 Å². The van der Waals surface area contributed by atoms with Crippen LogP contribution in [0.5, 0.6) is 0 Å².